The molecule has 2 atom stereocenters. The van der Waals surface area contributed by atoms with Gasteiger partial charge in [0.2, 0.25) is 5.91 Å². The summed E-state index contributed by atoms with van der Waals surface area (Å²) < 4.78 is 5.32. The number of nitro benzene ring substituents is 1. The molecule has 190 valence electrons. The lowest BCUT2D eigenvalue weighted by atomic mass is 9.90. The van der Waals surface area contributed by atoms with Crippen molar-refractivity contribution >= 4 is 34.8 Å². The molecule has 37 heavy (non-hydrogen) atoms. The first-order valence-corrected chi connectivity index (χ1v) is 11.8. The van der Waals surface area contributed by atoms with Crippen molar-refractivity contribution in [2.75, 3.05) is 5.32 Å². The van der Waals surface area contributed by atoms with E-state index >= 15 is 0 Å². The molecule has 2 N–H and O–H groups in total. The number of carbonyl (C=O) groups is 2. The number of benzene rings is 3. The zero-order chi connectivity index (χ0) is 26.7. The van der Waals surface area contributed by atoms with Crippen LogP contribution in [0.5, 0.6) is 0 Å². The molecule has 0 radical (unpaired) electrons. The van der Waals surface area contributed by atoms with Crippen molar-refractivity contribution < 1.29 is 19.2 Å². The van der Waals surface area contributed by atoms with Crippen LogP contribution in [-0.2, 0) is 9.53 Å². The standard InChI is InChI=1S/C28H28N4O5/c1-17(29-27(34)37-28(2,3)4)18-10-12-20(13-11-18)30-25(19-8-6-5-7-9-19)24-22-16-21(32(35)36)14-15-23(22)31-26(24)33/h5-17,24H,1-4H3,(H,29,34)(H,31,33)/t17-,24?/m0/s1. The highest BCUT2D eigenvalue weighted by Crippen LogP contribution is 2.38. The molecular weight excluding hydrogens is 472 g/mol. The summed E-state index contributed by atoms with van der Waals surface area (Å²) in [5.41, 5.74) is 3.00. The number of nitro groups is 1. The summed E-state index contributed by atoms with van der Waals surface area (Å²) >= 11 is 0. The van der Waals surface area contributed by atoms with Gasteiger partial charge in [-0.05, 0) is 57.0 Å². The van der Waals surface area contributed by atoms with Gasteiger partial charge in [0.15, 0.2) is 0 Å². The van der Waals surface area contributed by atoms with Gasteiger partial charge in [-0.25, -0.2) is 4.79 Å². The van der Waals surface area contributed by atoms with Gasteiger partial charge in [0.1, 0.15) is 11.5 Å². The van der Waals surface area contributed by atoms with Crippen molar-refractivity contribution in [1.29, 1.82) is 0 Å². The van der Waals surface area contributed by atoms with Crippen LogP contribution < -0.4 is 10.6 Å². The Bertz CT molecular complexity index is 1360. The minimum absolute atomic E-state index is 0.0940. The van der Waals surface area contributed by atoms with Crippen LogP contribution in [0.15, 0.2) is 77.8 Å². The summed E-state index contributed by atoms with van der Waals surface area (Å²) in [6, 6.07) is 20.6. The van der Waals surface area contributed by atoms with Gasteiger partial charge in [0, 0.05) is 23.4 Å². The molecule has 0 saturated heterocycles. The van der Waals surface area contributed by atoms with Gasteiger partial charge >= 0.3 is 6.09 Å². The van der Waals surface area contributed by atoms with Crippen molar-refractivity contribution in [3.63, 3.8) is 0 Å². The van der Waals surface area contributed by atoms with Gasteiger partial charge in [0.25, 0.3) is 5.69 Å². The lowest BCUT2D eigenvalue weighted by molar-refractivity contribution is -0.384. The second-order valence-electron chi connectivity index (χ2n) is 9.77. The quantitative estimate of drug-likeness (QED) is 0.243. The molecule has 0 saturated carbocycles. The maximum absolute atomic E-state index is 13.0. The molecule has 3 aromatic rings. The fraction of sp³-hybridized carbons (Fsp3) is 0.250. The largest absolute Gasteiger partial charge is 0.444 e. The Hall–Kier alpha value is -4.53. The summed E-state index contributed by atoms with van der Waals surface area (Å²) in [5, 5.41) is 17.0. The van der Waals surface area contributed by atoms with E-state index < -0.39 is 22.5 Å². The van der Waals surface area contributed by atoms with Crippen LogP contribution in [-0.4, -0.2) is 28.2 Å². The molecule has 0 aromatic heterocycles. The van der Waals surface area contributed by atoms with Gasteiger partial charge in [-0.2, -0.15) is 0 Å². The van der Waals surface area contributed by atoms with Crippen LogP contribution in [0.3, 0.4) is 0 Å². The average molecular weight is 501 g/mol. The number of hydrogen-bond acceptors (Lipinski definition) is 6. The van der Waals surface area contributed by atoms with Gasteiger partial charge in [0.05, 0.1) is 22.4 Å². The topological polar surface area (TPSA) is 123 Å². The number of non-ortho nitro benzene ring substituents is 1. The molecule has 9 heteroatoms. The van der Waals surface area contributed by atoms with E-state index in [0.717, 1.165) is 11.1 Å². The summed E-state index contributed by atoms with van der Waals surface area (Å²) in [5.74, 6) is -1.12. The molecule has 3 aromatic carbocycles. The number of amides is 2. The highest BCUT2D eigenvalue weighted by molar-refractivity contribution is 6.24. The van der Waals surface area contributed by atoms with E-state index in [9.17, 15) is 19.7 Å². The summed E-state index contributed by atoms with van der Waals surface area (Å²) in [4.78, 5) is 40.9. The maximum atomic E-state index is 13.0. The zero-order valence-corrected chi connectivity index (χ0v) is 21.0. The molecule has 1 aliphatic rings. The Morgan fingerprint density at radius 1 is 1.08 bits per heavy atom. The number of rotatable bonds is 6. The highest BCUT2D eigenvalue weighted by Gasteiger charge is 2.36. The lowest BCUT2D eigenvalue weighted by Gasteiger charge is -2.22. The predicted molar refractivity (Wildman–Crippen MR) is 141 cm³/mol. The lowest BCUT2D eigenvalue weighted by Crippen LogP contribution is -2.34. The van der Waals surface area contributed by atoms with Crippen molar-refractivity contribution in [3.05, 3.63) is 99.6 Å². The molecule has 1 unspecified atom stereocenters. The second-order valence-corrected chi connectivity index (χ2v) is 9.77. The normalized spacial score (nSPS) is 15.9. The zero-order valence-electron chi connectivity index (χ0n) is 21.0. The summed E-state index contributed by atoms with van der Waals surface area (Å²) in [6.45, 7) is 7.25. The first-order chi connectivity index (χ1) is 17.5. The number of alkyl carbamates (subject to hydrolysis) is 1. The Balaban J connectivity index is 1.67. The van der Waals surface area contributed by atoms with Crippen LogP contribution in [0.25, 0.3) is 0 Å². The summed E-state index contributed by atoms with van der Waals surface area (Å²) in [6.07, 6.45) is -0.506. The minimum Gasteiger partial charge on any atom is -0.444 e. The van der Waals surface area contributed by atoms with E-state index in [1.807, 2.05) is 49.4 Å². The molecule has 0 bridgehead atoms. The fourth-order valence-electron chi connectivity index (χ4n) is 4.08. The second kappa shape index (κ2) is 10.2. The van der Waals surface area contributed by atoms with E-state index in [4.69, 9.17) is 9.73 Å². The molecule has 9 nitrogen and oxygen atoms in total. The van der Waals surface area contributed by atoms with Gasteiger partial charge < -0.3 is 15.4 Å². The smallest absolute Gasteiger partial charge is 0.408 e. The third-order valence-electron chi connectivity index (χ3n) is 5.80. The number of anilines is 1. The van der Waals surface area contributed by atoms with E-state index in [1.54, 1.807) is 39.0 Å². The van der Waals surface area contributed by atoms with Crippen LogP contribution in [0.2, 0.25) is 0 Å². The monoisotopic (exact) mass is 500 g/mol. The number of fused-ring (bicyclic) bond motifs is 1. The number of hydrogen-bond donors (Lipinski definition) is 2. The van der Waals surface area contributed by atoms with Gasteiger partial charge in [-0.15, -0.1) is 0 Å². The Labute approximate surface area is 214 Å². The fourth-order valence-corrected chi connectivity index (χ4v) is 4.08. The number of carbonyl (C=O) groups excluding carboxylic acids is 2. The molecule has 0 aliphatic carbocycles. The van der Waals surface area contributed by atoms with E-state index in [0.29, 0.717) is 22.6 Å². The van der Waals surface area contributed by atoms with E-state index in [1.165, 1.54) is 12.1 Å². The van der Waals surface area contributed by atoms with Crippen LogP contribution >= 0.6 is 0 Å². The Kier molecular flexibility index (Phi) is 7.06. The highest BCUT2D eigenvalue weighted by atomic mass is 16.6. The van der Waals surface area contributed by atoms with Crippen LogP contribution in [0.1, 0.15) is 56.3 Å². The first-order valence-electron chi connectivity index (χ1n) is 11.8. The molecule has 4 rings (SSSR count). The SMILES string of the molecule is C[C@H](NC(=O)OC(C)(C)C)c1ccc(N=C(c2ccccc2)C2C(=O)Nc3ccc([N+](=O)[O-])cc32)cc1. The summed E-state index contributed by atoms with van der Waals surface area (Å²) in [7, 11) is 0. The van der Waals surface area contributed by atoms with Crippen molar-refractivity contribution in [2.45, 2.75) is 45.3 Å². The molecule has 0 spiro atoms. The van der Waals surface area contributed by atoms with Crippen LogP contribution in [0.4, 0.5) is 21.9 Å². The Morgan fingerprint density at radius 2 is 1.76 bits per heavy atom. The molecule has 0 fully saturated rings. The molecule has 1 aliphatic heterocycles. The molecule has 1 heterocycles. The van der Waals surface area contributed by atoms with Gasteiger partial charge in [-0.3, -0.25) is 19.9 Å². The number of nitrogens with one attached hydrogen (secondary N) is 2. The average Bonchev–Trinajstić information content (AvgIpc) is 3.16. The number of ether oxygens (including phenoxy) is 1. The van der Waals surface area contributed by atoms with Crippen LogP contribution in [0, 0.1) is 10.1 Å². The number of aliphatic imine (C=N–C) groups is 1. The van der Waals surface area contributed by atoms with Crippen molar-refractivity contribution in [2.24, 2.45) is 4.99 Å². The minimum atomic E-state index is -0.815. The van der Waals surface area contributed by atoms with Crippen molar-refractivity contribution in [3.8, 4) is 0 Å². The maximum Gasteiger partial charge on any atom is 0.408 e. The van der Waals surface area contributed by atoms with E-state index in [-0.39, 0.29) is 17.6 Å². The first kappa shape index (κ1) is 25.6. The molecule has 2 amide bonds. The van der Waals surface area contributed by atoms with E-state index in [2.05, 4.69) is 10.6 Å². The number of nitrogens with zero attached hydrogens (tertiary/aromatic N) is 2. The third-order valence-corrected chi connectivity index (χ3v) is 5.80. The molecular formula is C28H28N4O5. The van der Waals surface area contributed by atoms with Gasteiger partial charge in [-0.1, -0.05) is 42.5 Å². The van der Waals surface area contributed by atoms with Crippen molar-refractivity contribution in [1.82, 2.24) is 5.32 Å². The predicted octanol–water partition coefficient (Wildman–Crippen LogP) is 6.04. The third kappa shape index (κ3) is 6.00. The Morgan fingerprint density at radius 3 is 2.38 bits per heavy atom.